The average Bonchev–Trinajstić information content (AvgIpc) is 2.95. The van der Waals surface area contributed by atoms with Crippen LogP contribution >= 0.6 is 11.3 Å². The van der Waals surface area contributed by atoms with Crippen LogP contribution in [0, 0.1) is 12.8 Å². The zero-order valence-corrected chi connectivity index (χ0v) is 14.3. The predicted octanol–water partition coefficient (Wildman–Crippen LogP) is 1.86. The number of hydrogen-bond donors (Lipinski definition) is 2. The summed E-state index contributed by atoms with van der Waals surface area (Å²) in [5.41, 5.74) is 7.60. The summed E-state index contributed by atoms with van der Waals surface area (Å²) in [6.45, 7) is 6.22. The molecular formula is C16H21N3O3S. The second-order valence-corrected chi connectivity index (χ2v) is 6.85. The van der Waals surface area contributed by atoms with Crippen molar-refractivity contribution in [3.05, 3.63) is 28.8 Å². The number of nitrogens with zero attached hydrogens (tertiary/aromatic N) is 1. The zero-order chi connectivity index (χ0) is 17.0. The van der Waals surface area contributed by atoms with E-state index in [1.807, 2.05) is 26.8 Å². The van der Waals surface area contributed by atoms with E-state index in [1.165, 1.54) is 11.3 Å². The van der Waals surface area contributed by atoms with Crippen molar-refractivity contribution >= 4 is 33.4 Å². The molecule has 2 aromatic rings. The number of nitrogens with two attached hydrogens (primary N) is 1. The molecule has 2 heterocycles. The average molecular weight is 335 g/mol. The van der Waals surface area contributed by atoms with E-state index < -0.39 is 12.0 Å². The summed E-state index contributed by atoms with van der Waals surface area (Å²) in [6.07, 6.45) is 1.71. The lowest BCUT2D eigenvalue weighted by Crippen LogP contribution is -2.43. The summed E-state index contributed by atoms with van der Waals surface area (Å²) >= 11 is 1.37. The highest BCUT2D eigenvalue weighted by Gasteiger charge is 2.18. The fourth-order valence-electron chi connectivity index (χ4n) is 1.91. The highest BCUT2D eigenvalue weighted by molar-refractivity contribution is 7.21. The Morgan fingerprint density at radius 2 is 2.17 bits per heavy atom. The molecule has 1 atom stereocenters. The minimum absolute atomic E-state index is 0.0381. The molecule has 0 spiro atoms. The number of carbonyl (C=O) groups is 2. The van der Waals surface area contributed by atoms with Crippen LogP contribution in [-0.4, -0.2) is 36.1 Å². The van der Waals surface area contributed by atoms with Crippen molar-refractivity contribution in [2.24, 2.45) is 11.7 Å². The molecule has 0 radical (unpaired) electrons. The molecule has 0 saturated heterocycles. The van der Waals surface area contributed by atoms with Gasteiger partial charge in [-0.3, -0.25) is 14.6 Å². The first-order valence-corrected chi connectivity index (χ1v) is 8.25. The Hall–Kier alpha value is -1.99. The number of rotatable bonds is 6. The predicted molar refractivity (Wildman–Crippen MR) is 90.5 cm³/mol. The second kappa shape index (κ2) is 7.52. The van der Waals surface area contributed by atoms with Crippen LogP contribution in [-0.2, 0) is 9.53 Å². The number of aromatic nitrogens is 1. The number of esters is 1. The molecule has 0 aliphatic heterocycles. The van der Waals surface area contributed by atoms with Crippen LogP contribution < -0.4 is 11.1 Å². The molecule has 0 aliphatic carbocycles. The van der Waals surface area contributed by atoms with Gasteiger partial charge in [-0.15, -0.1) is 11.3 Å². The van der Waals surface area contributed by atoms with E-state index in [9.17, 15) is 9.59 Å². The third-order valence-corrected chi connectivity index (χ3v) is 4.44. The molecule has 1 amide bonds. The van der Waals surface area contributed by atoms with E-state index in [-0.39, 0.29) is 18.4 Å². The van der Waals surface area contributed by atoms with Crippen molar-refractivity contribution in [2.75, 3.05) is 13.2 Å². The lowest BCUT2D eigenvalue weighted by Gasteiger charge is -2.13. The summed E-state index contributed by atoms with van der Waals surface area (Å²) in [6, 6.07) is 2.78. The van der Waals surface area contributed by atoms with Crippen LogP contribution in [0.25, 0.3) is 10.2 Å². The van der Waals surface area contributed by atoms with E-state index in [0.29, 0.717) is 11.5 Å². The van der Waals surface area contributed by atoms with Gasteiger partial charge in [0.15, 0.2) is 0 Å². The van der Waals surface area contributed by atoms with Crippen molar-refractivity contribution in [3.8, 4) is 0 Å². The molecule has 124 valence electrons. The summed E-state index contributed by atoms with van der Waals surface area (Å²) in [4.78, 5) is 28.6. The minimum atomic E-state index is -0.869. The van der Waals surface area contributed by atoms with Crippen LogP contribution in [0.15, 0.2) is 18.3 Å². The Morgan fingerprint density at radius 3 is 2.83 bits per heavy atom. The highest BCUT2D eigenvalue weighted by Crippen LogP contribution is 2.26. The number of thiophene rings is 1. The quantitative estimate of drug-likeness (QED) is 0.786. The smallest absolute Gasteiger partial charge is 0.324 e. The molecular weight excluding hydrogens is 314 g/mol. The topological polar surface area (TPSA) is 94.3 Å². The molecule has 0 bridgehead atoms. The first-order chi connectivity index (χ1) is 10.9. The van der Waals surface area contributed by atoms with Gasteiger partial charge in [0.25, 0.3) is 5.91 Å². The van der Waals surface area contributed by atoms with Gasteiger partial charge in [-0.05, 0) is 30.5 Å². The summed E-state index contributed by atoms with van der Waals surface area (Å²) in [5.74, 6) is -0.526. The van der Waals surface area contributed by atoms with Gasteiger partial charge in [-0.1, -0.05) is 13.8 Å². The molecule has 1 unspecified atom stereocenters. The molecule has 0 saturated carbocycles. The van der Waals surface area contributed by atoms with Crippen molar-refractivity contribution in [1.82, 2.24) is 10.3 Å². The number of aryl methyl sites for hydroxylation is 1. The van der Waals surface area contributed by atoms with Crippen molar-refractivity contribution in [2.45, 2.75) is 26.8 Å². The van der Waals surface area contributed by atoms with Crippen LogP contribution in [0.4, 0.5) is 0 Å². The van der Waals surface area contributed by atoms with E-state index in [1.54, 1.807) is 12.3 Å². The second-order valence-electron chi connectivity index (χ2n) is 5.79. The van der Waals surface area contributed by atoms with Crippen LogP contribution in [0.2, 0.25) is 0 Å². The molecule has 6 nitrogen and oxygen atoms in total. The van der Waals surface area contributed by atoms with E-state index in [4.69, 9.17) is 10.5 Å². The van der Waals surface area contributed by atoms with E-state index in [2.05, 4.69) is 10.3 Å². The van der Waals surface area contributed by atoms with Crippen molar-refractivity contribution in [1.29, 1.82) is 0 Å². The van der Waals surface area contributed by atoms with Crippen molar-refractivity contribution < 1.29 is 14.3 Å². The first-order valence-electron chi connectivity index (χ1n) is 7.44. The number of hydrogen-bond acceptors (Lipinski definition) is 6. The van der Waals surface area contributed by atoms with Crippen LogP contribution in [0.1, 0.15) is 29.1 Å². The maximum absolute atomic E-state index is 12.2. The lowest BCUT2D eigenvalue weighted by molar-refractivity contribution is -0.146. The van der Waals surface area contributed by atoms with Gasteiger partial charge in [-0.25, -0.2) is 0 Å². The Kier molecular flexibility index (Phi) is 5.68. The van der Waals surface area contributed by atoms with Gasteiger partial charge >= 0.3 is 5.97 Å². The summed E-state index contributed by atoms with van der Waals surface area (Å²) in [7, 11) is 0. The molecule has 23 heavy (non-hydrogen) atoms. The van der Waals surface area contributed by atoms with Gasteiger partial charge in [0.2, 0.25) is 0 Å². The van der Waals surface area contributed by atoms with E-state index in [0.717, 1.165) is 15.8 Å². The molecule has 2 aromatic heterocycles. The molecule has 0 aromatic carbocycles. The first kappa shape index (κ1) is 17.4. The van der Waals surface area contributed by atoms with Gasteiger partial charge in [0, 0.05) is 12.7 Å². The number of fused-ring (bicyclic) bond motifs is 1. The number of nitrogens with one attached hydrogen (secondary N) is 1. The number of pyridine rings is 1. The normalized spacial score (nSPS) is 12.4. The van der Waals surface area contributed by atoms with Gasteiger partial charge in [-0.2, -0.15) is 0 Å². The zero-order valence-electron chi connectivity index (χ0n) is 13.5. The molecule has 0 fully saturated rings. The SMILES string of the molecule is Cc1ccnc2cc(C(=O)NCC(N)C(=O)OCC(C)C)sc12. The third kappa shape index (κ3) is 4.49. The Balaban J connectivity index is 1.93. The van der Waals surface area contributed by atoms with Gasteiger partial charge < -0.3 is 15.8 Å². The van der Waals surface area contributed by atoms with Gasteiger partial charge in [0.05, 0.1) is 21.7 Å². The third-order valence-electron chi connectivity index (χ3n) is 3.18. The van der Waals surface area contributed by atoms with Crippen LogP contribution in [0.3, 0.4) is 0 Å². The van der Waals surface area contributed by atoms with Crippen molar-refractivity contribution in [3.63, 3.8) is 0 Å². The molecule has 0 aliphatic rings. The maximum atomic E-state index is 12.2. The number of ether oxygens (including phenoxy) is 1. The van der Waals surface area contributed by atoms with E-state index >= 15 is 0 Å². The molecule has 3 N–H and O–H groups in total. The Labute approximate surface area is 139 Å². The Morgan fingerprint density at radius 1 is 1.43 bits per heavy atom. The molecule has 7 heteroatoms. The lowest BCUT2D eigenvalue weighted by atomic mass is 10.2. The minimum Gasteiger partial charge on any atom is -0.464 e. The summed E-state index contributed by atoms with van der Waals surface area (Å²) < 4.78 is 6.03. The number of amides is 1. The number of carbonyl (C=O) groups excluding carboxylic acids is 2. The largest absolute Gasteiger partial charge is 0.464 e. The monoisotopic (exact) mass is 335 g/mol. The fourth-order valence-corrected chi connectivity index (χ4v) is 2.91. The maximum Gasteiger partial charge on any atom is 0.324 e. The summed E-state index contributed by atoms with van der Waals surface area (Å²) in [5, 5.41) is 2.67. The highest BCUT2D eigenvalue weighted by atomic mass is 32.1. The Bertz CT molecular complexity index is 712. The van der Waals surface area contributed by atoms with Gasteiger partial charge in [0.1, 0.15) is 6.04 Å². The molecule has 2 rings (SSSR count). The fraction of sp³-hybridized carbons (Fsp3) is 0.438. The van der Waals surface area contributed by atoms with Crippen LogP contribution in [0.5, 0.6) is 0 Å². The standard InChI is InChI=1S/C16H21N3O3S/c1-9(2)8-22-16(21)11(17)7-19-15(20)13-6-12-14(23-13)10(3)4-5-18-12/h4-6,9,11H,7-8,17H2,1-3H3,(H,19,20).